The molecule has 4 nitrogen and oxygen atoms in total. The molecule has 2 amide bonds. The molecule has 2 atom stereocenters. The maximum absolute atomic E-state index is 12.9. The number of hydrogen-bond acceptors (Lipinski definition) is 2. The number of carbonyl (C=O) groups excluding carboxylic acids is 2. The molecule has 0 radical (unpaired) electrons. The predicted molar refractivity (Wildman–Crippen MR) is 106 cm³/mol. The molecule has 0 spiro atoms. The van der Waals surface area contributed by atoms with Gasteiger partial charge in [0.15, 0.2) is 0 Å². The van der Waals surface area contributed by atoms with Gasteiger partial charge in [-0.05, 0) is 54.0 Å². The van der Waals surface area contributed by atoms with Crippen LogP contribution in [0.1, 0.15) is 52.8 Å². The van der Waals surface area contributed by atoms with Crippen LogP contribution in [0.3, 0.4) is 0 Å². The molecule has 2 aromatic carbocycles. The molecular weight excluding hydrogens is 336 g/mol. The van der Waals surface area contributed by atoms with Gasteiger partial charge in [-0.15, -0.1) is 0 Å². The minimum Gasteiger partial charge on any atom is -0.366 e. The first-order valence-corrected chi connectivity index (χ1v) is 9.92. The monoisotopic (exact) mass is 362 g/mol. The summed E-state index contributed by atoms with van der Waals surface area (Å²) in [6.45, 7) is 1.77. The molecule has 0 aromatic heterocycles. The van der Waals surface area contributed by atoms with E-state index in [0.717, 1.165) is 36.6 Å². The van der Waals surface area contributed by atoms with E-state index in [2.05, 4.69) is 0 Å². The molecule has 4 rings (SSSR count). The van der Waals surface area contributed by atoms with Gasteiger partial charge in [-0.3, -0.25) is 9.59 Å². The summed E-state index contributed by atoms with van der Waals surface area (Å²) in [7, 11) is 0. The fourth-order valence-electron chi connectivity index (χ4n) is 4.71. The van der Waals surface area contributed by atoms with Crippen LogP contribution in [0.5, 0.6) is 0 Å². The summed E-state index contributed by atoms with van der Waals surface area (Å²) in [5, 5.41) is 0. The average Bonchev–Trinajstić information content (AvgIpc) is 2.73. The molecule has 1 aliphatic heterocycles. The topological polar surface area (TPSA) is 63.4 Å². The SMILES string of the molecule is NC(=O)c1ccccc1-c1ccc(C(=O)N2CC[C@@H]3CCCC[C@H]3C2)cc1. The Bertz CT molecular complexity index is 844. The first kappa shape index (κ1) is 17.8. The second-order valence-corrected chi connectivity index (χ2v) is 7.83. The first-order valence-electron chi connectivity index (χ1n) is 9.92. The Hall–Kier alpha value is -2.62. The van der Waals surface area contributed by atoms with Crippen LogP contribution in [0.15, 0.2) is 48.5 Å². The van der Waals surface area contributed by atoms with Gasteiger partial charge in [0.05, 0.1) is 0 Å². The second-order valence-electron chi connectivity index (χ2n) is 7.83. The number of benzene rings is 2. The lowest BCUT2D eigenvalue weighted by atomic mass is 9.75. The third kappa shape index (κ3) is 3.61. The van der Waals surface area contributed by atoms with Crippen LogP contribution in [0.25, 0.3) is 11.1 Å². The highest BCUT2D eigenvalue weighted by Gasteiger charge is 2.33. The highest BCUT2D eigenvalue weighted by atomic mass is 16.2. The van der Waals surface area contributed by atoms with Crippen molar-refractivity contribution in [3.8, 4) is 11.1 Å². The quantitative estimate of drug-likeness (QED) is 0.893. The number of nitrogens with two attached hydrogens (primary N) is 1. The molecule has 140 valence electrons. The first-order chi connectivity index (χ1) is 13.1. The maximum atomic E-state index is 12.9. The second kappa shape index (κ2) is 7.55. The highest BCUT2D eigenvalue weighted by molar-refractivity contribution is 6.00. The lowest BCUT2D eigenvalue weighted by Crippen LogP contribution is -2.44. The molecule has 4 heteroatoms. The fourth-order valence-corrected chi connectivity index (χ4v) is 4.71. The molecule has 27 heavy (non-hydrogen) atoms. The number of nitrogens with zero attached hydrogens (tertiary/aromatic N) is 1. The van der Waals surface area contributed by atoms with Gasteiger partial charge in [-0.25, -0.2) is 0 Å². The van der Waals surface area contributed by atoms with Crippen LogP contribution in [0, 0.1) is 11.8 Å². The zero-order valence-electron chi connectivity index (χ0n) is 15.6. The Morgan fingerprint density at radius 3 is 2.33 bits per heavy atom. The van der Waals surface area contributed by atoms with Crippen LogP contribution in [-0.4, -0.2) is 29.8 Å². The zero-order valence-corrected chi connectivity index (χ0v) is 15.6. The normalized spacial score (nSPS) is 22.1. The van der Waals surface area contributed by atoms with Gasteiger partial charge in [0.1, 0.15) is 0 Å². The summed E-state index contributed by atoms with van der Waals surface area (Å²) in [4.78, 5) is 26.6. The predicted octanol–water partition coefficient (Wildman–Crippen LogP) is 4.10. The molecule has 1 saturated carbocycles. The van der Waals surface area contributed by atoms with Gasteiger partial charge in [0.25, 0.3) is 5.91 Å². The zero-order chi connectivity index (χ0) is 18.8. The van der Waals surface area contributed by atoms with E-state index in [9.17, 15) is 9.59 Å². The van der Waals surface area contributed by atoms with Crippen LogP contribution >= 0.6 is 0 Å². The molecule has 0 bridgehead atoms. The van der Waals surface area contributed by atoms with Crippen molar-refractivity contribution in [2.24, 2.45) is 17.6 Å². The minimum atomic E-state index is -0.443. The van der Waals surface area contributed by atoms with E-state index in [4.69, 9.17) is 5.73 Å². The number of likely N-dealkylation sites (tertiary alicyclic amines) is 1. The molecule has 1 aliphatic carbocycles. The van der Waals surface area contributed by atoms with Gasteiger partial charge in [0, 0.05) is 24.2 Å². The Morgan fingerprint density at radius 2 is 1.59 bits per heavy atom. The van der Waals surface area contributed by atoms with E-state index in [-0.39, 0.29) is 5.91 Å². The van der Waals surface area contributed by atoms with Crippen molar-refractivity contribution in [1.82, 2.24) is 4.90 Å². The minimum absolute atomic E-state index is 0.119. The van der Waals surface area contributed by atoms with Crippen molar-refractivity contribution in [1.29, 1.82) is 0 Å². The molecule has 0 unspecified atom stereocenters. The van der Waals surface area contributed by atoms with Crippen LogP contribution in [0.2, 0.25) is 0 Å². The van der Waals surface area contributed by atoms with Crippen molar-refractivity contribution in [3.05, 3.63) is 59.7 Å². The van der Waals surface area contributed by atoms with Crippen molar-refractivity contribution >= 4 is 11.8 Å². The van der Waals surface area contributed by atoms with Crippen LogP contribution in [-0.2, 0) is 0 Å². The molecule has 2 fully saturated rings. The number of primary amides is 1. The van der Waals surface area contributed by atoms with E-state index in [1.54, 1.807) is 12.1 Å². The Morgan fingerprint density at radius 1 is 0.889 bits per heavy atom. The summed E-state index contributed by atoms with van der Waals surface area (Å²) in [6.07, 6.45) is 6.39. The number of amides is 2. The van der Waals surface area contributed by atoms with Gasteiger partial charge in [-0.2, -0.15) is 0 Å². The smallest absolute Gasteiger partial charge is 0.253 e. The third-order valence-corrected chi connectivity index (χ3v) is 6.21. The molecule has 1 saturated heterocycles. The highest BCUT2D eigenvalue weighted by Crippen LogP contribution is 2.36. The van der Waals surface area contributed by atoms with Gasteiger partial charge < -0.3 is 10.6 Å². The summed E-state index contributed by atoms with van der Waals surface area (Å²) in [5.41, 5.74) is 8.38. The Kier molecular flexibility index (Phi) is 4.97. The van der Waals surface area contributed by atoms with E-state index >= 15 is 0 Å². The summed E-state index contributed by atoms with van der Waals surface area (Å²) < 4.78 is 0. The maximum Gasteiger partial charge on any atom is 0.253 e. The molecule has 2 aromatic rings. The standard InChI is InChI=1S/C23H26N2O2/c24-22(26)21-8-4-3-7-20(21)17-9-11-18(12-10-17)23(27)25-14-13-16-5-1-2-6-19(16)15-25/h3-4,7-12,16,19H,1-2,5-6,13-15H2,(H2,24,26)/t16-,19-/m0/s1. The van der Waals surface area contributed by atoms with Crippen LogP contribution in [0.4, 0.5) is 0 Å². The van der Waals surface area contributed by atoms with E-state index < -0.39 is 5.91 Å². The number of rotatable bonds is 3. The summed E-state index contributed by atoms with van der Waals surface area (Å²) in [6, 6.07) is 14.8. The van der Waals surface area contributed by atoms with Crippen molar-refractivity contribution in [2.45, 2.75) is 32.1 Å². The summed E-state index contributed by atoms with van der Waals surface area (Å²) >= 11 is 0. The molecule has 2 N–H and O–H groups in total. The van der Waals surface area contributed by atoms with Crippen molar-refractivity contribution < 1.29 is 9.59 Å². The molecule has 1 heterocycles. The number of carbonyl (C=O) groups is 2. The lowest BCUT2D eigenvalue weighted by molar-refractivity contribution is 0.0521. The fraction of sp³-hybridized carbons (Fsp3) is 0.391. The van der Waals surface area contributed by atoms with Crippen molar-refractivity contribution in [3.63, 3.8) is 0 Å². The van der Waals surface area contributed by atoms with E-state index in [0.29, 0.717) is 17.0 Å². The van der Waals surface area contributed by atoms with Gasteiger partial charge in [-0.1, -0.05) is 49.6 Å². The van der Waals surface area contributed by atoms with E-state index in [1.165, 1.54) is 25.7 Å². The lowest BCUT2D eigenvalue weighted by Gasteiger charge is -2.41. The number of hydrogen-bond donors (Lipinski definition) is 1. The van der Waals surface area contributed by atoms with Gasteiger partial charge >= 0.3 is 0 Å². The third-order valence-electron chi connectivity index (χ3n) is 6.21. The van der Waals surface area contributed by atoms with Gasteiger partial charge in [0.2, 0.25) is 5.91 Å². The molecule has 2 aliphatic rings. The Labute approximate surface area is 160 Å². The Balaban J connectivity index is 1.51. The van der Waals surface area contributed by atoms with E-state index in [1.807, 2.05) is 41.3 Å². The number of fused-ring (bicyclic) bond motifs is 1. The largest absolute Gasteiger partial charge is 0.366 e. The van der Waals surface area contributed by atoms with Crippen LogP contribution < -0.4 is 5.73 Å². The average molecular weight is 362 g/mol. The van der Waals surface area contributed by atoms with Crippen molar-refractivity contribution in [2.75, 3.05) is 13.1 Å². The number of piperidine rings is 1. The molecular formula is C23H26N2O2. The summed E-state index contributed by atoms with van der Waals surface area (Å²) in [5.74, 6) is 1.17.